The number of benzene rings is 1. The fourth-order valence-corrected chi connectivity index (χ4v) is 1.82. The molecule has 0 spiro atoms. The molecule has 0 radical (unpaired) electrons. The van der Waals surface area contributed by atoms with Gasteiger partial charge in [-0.05, 0) is 23.7 Å². The van der Waals surface area contributed by atoms with Crippen LogP contribution in [0.2, 0.25) is 0 Å². The van der Waals surface area contributed by atoms with Crippen molar-refractivity contribution >= 4 is 23.3 Å². The van der Waals surface area contributed by atoms with E-state index < -0.39 is 0 Å². The van der Waals surface area contributed by atoms with Crippen LogP contribution in [-0.4, -0.2) is 33.9 Å². The van der Waals surface area contributed by atoms with Crippen LogP contribution in [0.4, 0.5) is 10.5 Å². The normalized spacial score (nSPS) is 10.1. The molecule has 3 N–H and O–H groups in total. The summed E-state index contributed by atoms with van der Waals surface area (Å²) in [6.07, 6.45) is 0. The third-order valence-electron chi connectivity index (χ3n) is 2.20. The van der Waals surface area contributed by atoms with Gasteiger partial charge in [-0.2, -0.15) is 0 Å². The Kier molecular flexibility index (Phi) is 4.21. The van der Waals surface area contributed by atoms with Gasteiger partial charge in [0.2, 0.25) is 0 Å². The summed E-state index contributed by atoms with van der Waals surface area (Å²) < 4.78 is 3.79. The summed E-state index contributed by atoms with van der Waals surface area (Å²) in [4.78, 5) is 11.3. The molecule has 1 aromatic carbocycles. The number of nitrogens with zero attached hydrogens (tertiary/aromatic N) is 2. The third kappa shape index (κ3) is 3.25. The van der Waals surface area contributed by atoms with Crippen molar-refractivity contribution in [2.45, 2.75) is 0 Å². The number of carbonyl (C=O) groups excluding carboxylic acids is 1. The van der Waals surface area contributed by atoms with Crippen molar-refractivity contribution in [2.75, 3.05) is 18.5 Å². The van der Waals surface area contributed by atoms with Crippen LogP contribution in [0.15, 0.2) is 29.6 Å². The Morgan fingerprint density at radius 2 is 2.11 bits per heavy atom. The zero-order valence-corrected chi connectivity index (χ0v) is 10.3. The van der Waals surface area contributed by atoms with Gasteiger partial charge in [0, 0.05) is 23.2 Å². The second-order valence-electron chi connectivity index (χ2n) is 3.47. The van der Waals surface area contributed by atoms with Crippen molar-refractivity contribution in [3.63, 3.8) is 0 Å². The highest BCUT2D eigenvalue weighted by molar-refractivity contribution is 7.03. The van der Waals surface area contributed by atoms with Crippen molar-refractivity contribution in [3.8, 4) is 11.3 Å². The molecule has 0 aliphatic rings. The summed E-state index contributed by atoms with van der Waals surface area (Å²) in [6.45, 7) is 0.150. The van der Waals surface area contributed by atoms with Gasteiger partial charge in [0.15, 0.2) is 0 Å². The highest BCUT2D eigenvalue weighted by Gasteiger charge is 2.03. The van der Waals surface area contributed by atoms with Crippen molar-refractivity contribution in [2.24, 2.45) is 0 Å². The Hall–Kier alpha value is -1.99. The van der Waals surface area contributed by atoms with Gasteiger partial charge in [0.25, 0.3) is 0 Å². The second kappa shape index (κ2) is 6.08. The summed E-state index contributed by atoms with van der Waals surface area (Å²) >= 11 is 1.29. The molecule has 2 amide bonds. The number of hydrogen-bond acceptors (Lipinski definition) is 5. The molecule has 0 saturated heterocycles. The molecule has 18 heavy (non-hydrogen) atoms. The molecule has 0 unspecified atom stereocenters. The van der Waals surface area contributed by atoms with Crippen LogP contribution in [0.5, 0.6) is 0 Å². The van der Waals surface area contributed by atoms with E-state index in [9.17, 15) is 4.79 Å². The van der Waals surface area contributed by atoms with E-state index in [0.717, 1.165) is 11.3 Å². The smallest absolute Gasteiger partial charge is 0.319 e. The molecule has 94 valence electrons. The van der Waals surface area contributed by atoms with Gasteiger partial charge < -0.3 is 15.7 Å². The van der Waals surface area contributed by atoms with Crippen LogP contribution >= 0.6 is 11.5 Å². The summed E-state index contributed by atoms with van der Waals surface area (Å²) in [5.74, 6) is 0. The first-order chi connectivity index (χ1) is 8.79. The molecule has 0 bridgehead atoms. The fourth-order valence-electron chi connectivity index (χ4n) is 1.36. The molecule has 0 atom stereocenters. The number of urea groups is 1. The molecule has 0 aliphatic carbocycles. The number of aliphatic hydroxyl groups excluding tert-OH is 1. The number of aromatic nitrogens is 2. The summed E-state index contributed by atoms with van der Waals surface area (Å²) in [6, 6.07) is 6.95. The van der Waals surface area contributed by atoms with E-state index in [4.69, 9.17) is 5.11 Å². The van der Waals surface area contributed by atoms with Gasteiger partial charge in [0.1, 0.15) is 5.69 Å². The molecule has 6 nitrogen and oxygen atoms in total. The first-order valence-corrected chi connectivity index (χ1v) is 6.16. The Morgan fingerprint density at radius 1 is 1.33 bits per heavy atom. The minimum Gasteiger partial charge on any atom is -0.395 e. The lowest BCUT2D eigenvalue weighted by molar-refractivity contribution is 0.245. The number of nitrogens with one attached hydrogen (secondary N) is 2. The van der Waals surface area contributed by atoms with Crippen LogP contribution in [0, 0.1) is 0 Å². The van der Waals surface area contributed by atoms with Crippen LogP contribution in [-0.2, 0) is 0 Å². The van der Waals surface area contributed by atoms with Crippen molar-refractivity contribution in [1.82, 2.24) is 14.9 Å². The van der Waals surface area contributed by atoms with Crippen molar-refractivity contribution < 1.29 is 9.90 Å². The zero-order chi connectivity index (χ0) is 12.8. The first-order valence-electron chi connectivity index (χ1n) is 5.33. The molecule has 7 heteroatoms. The maximum Gasteiger partial charge on any atom is 0.319 e. The monoisotopic (exact) mass is 264 g/mol. The number of rotatable bonds is 4. The zero-order valence-electron chi connectivity index (χ0n) is 9.46. The predicted octanol–water partition coefficient (Wildman–Crippen LogP) is 1.32. The highest BCUT2D eigenvalue weighted by Crippen LogP contribution is 2.19. The molecule has 1 aromatic heterocycles. The van der Waals surface area contributed by atoms with Crippen molar-refractivity contribution in [3.05, 3.63) is 29.6 Å². The van der Waals surface area contributed by atoms with E-state index in [1.165, 1.54) is 11.5 Å². The van der Waals surface area contributed by atoms with E-state index in [1.807, 2.05) is 17.5 Å². The van der Waals surface area contributed by atoms with Gasteiger partial charge in [-0.3, -0.25) is 0 Å². The number of carbonyl (C=O) groups is 1. The molecular weight excluding hydrogens is 252 g/mol. The standard InChI is InChI=1S/C11H12N4O2S/c16-6-5-12-11(17)13-9-3-1-8(2-4-9)10-7-18-15-14-10/h1-4,7,16H,5-6H2,(H2,12,13,17). The van der Waals surface area contributed by atoms with Gasteiger partial charge in [-0.1, -0.05) is 16.6 Å². The molecule has 0 fully saturated rings. The largest absolute Gasteiger partial charge is 0.395 e. The molecule has 2 aromatic rings. The maximum absolute atomic E-state index is 11.3. The minimum absolute atomic E-state index is 0.0802. The van der Waals surface area contributed by atoms with Gasteiger partial charge >= 0.3 is 6.03 Å². The van der Waals surface area contributed by atoms with Crippen molar-refractivity contribution in [1.29, 1.82) is 0 Å². The van der Waals surface area contributed by atoms with Crippen LogP contribution in [0.1, 0.15) is 0 Å². The second-order valence-corrected chi connectivity index (χ2v) is 4.08. The third-order valence-corrected chi connectivity index (χ3v) is 2.70. The first kappa shape index (κ1) is 12.5. The number of anilines is 1. The Morgan fingerprint density at radius 3 is 2.72 bits per heavy atom. The average Bonchev–Trinajstić information content (AvgIpc) is 2.91. The molecule has 0 saturated carbocycles. The van der Waals surface area contributed by atoms with E-state index in [-0.39, 0.29) is 19.2 Å². The lowest BCUT2D eigenvalue weighted by atomic mass is 10.1. The SMILES string of the molecule is O=C(NCCO)Nc1ccc(-c2csnn2)cc1. The molecule has 1 heterocycles. The fraction of sp³-hybridized carbons (Fsp3) is 0.182. The molecule has 2 rings (SSSR count). The van der Waals surface area contributed by atoms with Gasteiger partial charge in [-0.15, -0.1) is 5.10 Å². The lowest BCUT2D eigenvalue weighted by Gasteiger charge is -2.06. The predicted molar refractivity (Wildman–Crippen MR) is 69.5 cm³/mol. The van der Waals surface area contributed by atoms with E-state index in [2.05, 4.69) is 20.2 Å². The maximum atomic E-state index is 11.3. The quantitative estimate of drug-likeness (QED) is 0.777. The van der Waals surface area contributed by atoms with E-state index in [0.29, 0.717) is 5.69 Å². The Balaban J connectivity index is 1.98. The number of amides is 2. The van der Waals surface area contributed by atoms with Gasteiger partial charge in [-0.25, -0.2) is 4.79 Å². The number of hydrogen-bond donors (Lipinski definition) is 3. The van der Waals surface area contributed by atoms with Gasteiger partial charge in [0.05, 0.1) is 6.61 Å². The summed E-state index contributed by atoms with van der Waals surface area (Å²) in [5.41, 5.74) is 2.44. The summed E-state index contributed by atoms with van der Waals surface area (Å²) in [7, 11) is 0. The van der Waals surface area contributed by atoms with Crippen LogP contribution in [0.25, 0.3) is 11.3 Å². The number of aliphatic hydroxyl groups is 1. The van der Waals surface area contributed by atoms with Crippen LogP contribution < -0.4 is 10.6 Å². The van der Waals surface area contributed by atoms with E-state index in [1.54, 1.807) is 12.1 Å². The van der Waals surface area contributed by atoms with E-state index >= 15 is 0 Å². The summed E-state index contributed by atoms with van der Waals surface area (Å²) in [5, 5.41) is 19.5. The lowest BCUT2D eigenvalue weighted by Crippen LogP contribution is -2.30. The minimum atomic E-state index is -0.341. The molecule has 0 aliphatic heterocycles. The Labute approximate surface area is 108 Å². The van der Waals surface area contributed by atoms with Crippen LogP contribution in [0.3, 0.4) is 0 Å². The average molecular weight is 264 g/mol. The topological polar surface area (TPSA) is 87.1 Å². The Bertz CT molecular complexity index is 498. The molecular formula is C11H12N4O2S. The highest BCUT2D eigenvalue weighted by atomic mass is 32.1.